The van der Waals surface area contributed by atoms with Crippen LogP contribution in [-0.2, 0) is 0 Å². The van der Waals surface area contributed by atoms with Gasteiger partial charge in [0.05, 0.1) is 7.11 Å². The van der Waals surface area contributed by atoms with Crippen LogP contribution >= 0.6 is 0 Å². The summed E-state index contributed by atoms with van der Waals surface area (Å²) in [7, 11) is 1.70. The maximum absolute atomic E-state index is 5.30. The number of benzene rings is 1. The lowest BCUT2D eigenvalue weighted by Crippen LogP contribution is -2.21. The summed E-state index contributed by atoms with van der Waals surface area (Å²) in [6.07, 6.45) is 11.2. The van der Waals surface area contributed by atoms with E-state index in [9.17, 15) is 0 Å². The minimum Gasteiger partial charge on any atom is -0.497 e. The zero-order chi connectivity index (χ0) is 14.5. The number of ether oxygens (including phenoxy) is 1. The van der Waals surface area contributed by atoms with Crippen molar-refractivity contribution in [3.05, 3.63) is 30.5 Å². The molecule has 0 saturated heterocycles. The van der Waals surface area contributed by atoms with Crippen molar-refractivity contribution in [2.24, 2.45) is 0 Å². The summed E-state index contributed by atoms with van der Waals surface area (Å²) >= 11 is 0. The van der Waals surface area contributed by atoms with Gasteiger partial charge in [0.25, 0.3) is 0 Å². The third kappa shape index (κ3) is 3.46. The molecule has 1 aromatic heterocycles. The van der Waals surface area contributed by atoms with Gasteiger partial charge < -0.3 is 10.1 Å². The molecule has 3 nitrogen and oxygen atoms in total. The number of pyridine rings is 1. The van der Waals surface area contributed by atoms with Crippen LogP contribution in [0.2, 0.25) is 0 Å². The Kier molecular flexibility index (Phi) is 4.59. The lowest BCUT2D eigenvalue weighted by atomic mass is 9.96. The minimum absolute atomic E-state index is 0.561. The van der Waals surface area contributed by atoms with Crippen molar-refractivity contribution in [2.75, 3.05) is 12.4 Å². The van der Waals surface area contributed by atoms with Crippen molar-refractivity contribution in [3.63, 3.8) is 0 Å². The van der Waals surface area contributed by atoms with Crippen LogP contribution in [-0.4, -0.2) is 18.1 Å². The summed E-state index contributed by atoms with van der Waals surface area (Å²) in [5.41, 5.74) is 0. The molecule has 1 aromatic carbocycles. The smallest absolute Gasteiger partial charge is 0.134 e. The first-order valence-corrected chi connectivity index (χ1v) is 8.06. The summed E-state index contributed by atoms with van der Waals surface area (Å²) in [6, 6.07) is 8.78. The minimum atomic E-state index is 0.561. The van der Waals surface area contributed by atoms with Gasteiger partial charge in [-0.05, 0) is 42.5 Å². The molecular weight excluding hydrogens is 260 g/mol. The monoisotopic (exact) mass is 284 g/mol. The maximum Gasteiger partial charge on any atom is 0.134 e. The number of hydrogen-bond donors (Lipinski definition) is 1. The van der Waals surface area contributed by atoms with Crippen molar-refractivity contribution in [1.29, 1.82) is 0 Å². The van der Waals surface area contributed by atoms with Gasteiger partial charge in [-0.1, -0.05) is 32.1 Å². The molecule has 0 unspecified atom stereocenters. The Morgan fingerprint density at radius 3 is 2.57 bits per heavy atom. The van der Waals surface area contributed by atoms with Crippen LogP contribution in [0.1, 0.15) is 44.9 Å². The van der Waals surface area contributed by atoms with E-state index in [1.807, 2.05) is 18.3 Å². The molecule has 1 heterocycles. The summed E-state index contributed by atoms with van der Waals surface area (Å²) in [6.45, 7) is 0. The number of nitrogens with zero attached hydrogens (tertiary/aromatic N) is 1. The maximum atomic E-state index is 5.30. The first kappa shape index (κ1) is 14.2. The molecule has 1 aliphatic rings. The van der Waals surface area contributed by atoms with Crippen LogP contribution < -0.4 is 10.1 Å². The molecule has 0 atom stereocenters. The number of fused-ring (bicyclic) bond motifs is 1. The second-order valence-corrected chi connectivity index (χ2v) is 5.93. The van der Waals surface area contributed by atoms with E-state index in [1.165, 1.54) is 55.7 Å². The second-order valence-electron chi connectivity index (χ2n) is 5.93. The molecule has 1 N–H and O–H groups in total. The molecular formula is C18H24N2O. The average Bonchev–Trinajstić information content (AvgIpc) is 2.49. The van der Waals surface area contributed by atoms with Gasteiger partial charge in [0, 0.05) is 17.6 Å². The molecule has 1 saturated carbocycles. The zero-order valence-electron chi connectivity index (χ0n) is 12.8. The highest BCUT2D eigenvalue weighted by Crippen LogP contribution is 2.27. The molecule has 0 bridgehead atoms. The van der Waals surface area contributed by atoms with Gasteiger partial charge in [0.2, 0.25) is 0 Å². The highest BCUT2D eigenvalue weighted by Gasteiger charge is 2.13. The largest absolute Gasteiger partial charge is 0.497 e. The van der Waals surface area contributed by atoms with E-state index < -0.39 is 0 Å². The predicted molar refractivity (Wildman–Crippen MR) is 88.0 cm³/mol. The van der Waals surface area contributed by atoms with E-state index in [0.717, 1.165) is 11.6 Å². The molecule has 3 rings (SSSR count). The third-order valence-corrected chi connectivity index (χ3v) is 4.42. The number of anilines is 1. The quantitative estimate of drug-likeness (QED) is 0.881. The summed E-state index contributed by atoms with van der Waals surface area (Å²) < 4.78 is 5.30. The highest BCUT2D eigenvalue weighted by molar-refractivity contribution is 5.92. The van der Waals surface area contributed by atoms with Crippen LogP contribution in [0, 0.1) is 0 Å². The van der Waals surface area contributed by atoms with Gasteiger partial charge in [0.15, 0.2) is 0 Å². The molecule has 0 aliphatic heterocycles. The first-order valence-electron chi connectivity index (χ1n) is 8.06. The number of nitrogens with one attached hydrogen (secondary N) is 1. The number of rotatable bonds is 3. The molecule has 0 radical (unpaired) electrons. The van der Waals surface area contributed by atoms with E-state index >= 15 is 0 Å². The molecule has 0 spiro atoms. The van der Waals surface area contributed by atoms with Crippen LogP contribution in [0.3, 0.4) is 0 Å². The zero-order valence-corrected chi connectivity index (χ0v) is 12.8. The second kappa shape index (κ2) is 6.79. The van der Waals surface area contributed by atoms with Crippen LogP contribution in [0.15, 0.2) is 30.5 Å². The normalized spacial score (nSPS) is 17.2. The number of hydrogen-bond acceptors (Lipinski definition) is 3. The fourth-order valence-corrected chi connectivity index (χ4v) is 3.19. The molecule has 3 heteroatoms. The van der Waals surface area contributed by atoms with Crippen molar-refractivity contribution < 1.29 is 4.74 Å². The Morgan fingerprint density at radius 2 is 1.81 bits per heavy atom. The molecule has 2 aromatic rings. The molecule has 0 amide bonds. The molecule has 112 valence electrons. The Hall–Kier alpha value is -1.77. The molecule has 21 heavy (non-hydrogen) atoms. The number of methoxy groups -OCH3 is 1. The SMILES string of the molecule is COc1ccc2c(NC3CCCCCCC3)nccc2c1. The van der Waals surface area contributed by atoms with Gasteiger partial charge in [-0.2, -0.15) is 0 Å². The Labute approximate surface area is 126 Å². The van der Waals surface area contributed by atoms with Gasteiger partial charge in [-0.3, -0.25) is 0 Å². The summed E-state index contributed by atoms with van der Waals surface area (Å²) in [4.78, 5) is 4.56. The fraction of sp³-hybridized carbons (Fsp3) is 0.500. The van der Waals surface area contributed by atoms with Crippen LogP contribution in [0.4, 0.5) is 5.82 Å². The van der Waals surface area contributed by atoms with Crippen molar-refractivity contribution in [1.82, 2.24) is 4.98 Å². The van der Waals surface area contributed by atoms with Crippen LogP contribution in [0.25, 0.3) is 10.8 Å². The Bertz CT molecular complexity index is 589. The van der Waals surface area contributed by atoms with Gasteiger partial charge in [-0.15, -0.1) is 0 Å². The molecule has 1 fully saturated rings. The molecule has 1 aliphatic carbocycles. The Balaban J connectivity index is 1.82. The van der Waals surface area contributed by atoms with Crippen LogP contribution in [0.5, 0.6) is 5.75 Å². The Morgan fingerprint density at radius 1 is 1.05 bits per heavy atom. The van der Waals surface area contributed by atoms with E-state index in [4.69, 9.17) is 4.74 Å². The lowest BCUT2D eigenvalue weighted by molar-refractivity contribution is 0.415. The van der Waals surface area contributed by atoms with E-state index in [0.29, 0.717) is 6.04 Å². The van der Waals surface area contributed by atoms with E-state index in [1.54, 1.807) is 7.11 Å². The first-order chi connectivity index (χ1) is 10.4. The van der Waals surface area contributed by atoms with E-state index in [-0.39, 0.29) is 0 Å². The van der Waals surface area contributed by atoms with Gasteiger partial charge in [0.1, 0.15) is 11.6 Å². The number of aromatic nitrogens is 1. The average molecular weight is 284 g/mol. The predicted octanol–water partition coefficient (Wildman–Crippen LogP) is 4.77. The standard InChI is InChI=1S/C18H24N2O/c1-21-16-9-10-17-14(13-16)11-12-19-18(17)20-15-7-5-3-2-4-6-8-15/h9-13,15H,2-8H2,1H3,(H,19,20). The fourth-order valence-electron chi connectivity index (χ4n) is 3.19. The summed E-state index contributed by atoms with van der Waals surface area (Å²) in [5, 5.41) is 6.04. The van der Waals surface area contributed by atoms with Gasteiger partial charge >= 0.3 is 0 Å². The highest BCUT2D eigenvalue weighted by atomic mass is 16.5. The summed E-state index contributed by atoms with van der Waals surface area (Å²) in [5.74, 6) is 1.91. The van der Waals surface area contributed by atoms with Gasteiger partial charge in [-0.25, -0.2) is 4.98 Å². The van der Waals surface area contributed by atoms with Crippen molar-refractivity contribution in [2.45, 2.75) is 51.0 Å². The van der Waals surface area contributed by atoms with E-state index in [2.05, 4.69) is 22.4 Å². The van der Waals surface area contributed by atoms with Crippen molar-refractivity contribution >= 4 is 16.6 Å². The lowest BCUT2D eigenvalue weighted by Gasteiger charge is -2.22. The third-order valence-electron chi connectivity index (χ3n) is 4.42. The van der Waals surface area contributed by atoms with Crippen molar-refractivity contribution in [3.8, 4) is 5.75 Å². The topological polar surface area (TPSA) is 34.1 Å².